The van der Waals surface area contributed by atoms with Crippen molar-refractivity contribution in [2.45, 2.75) is 43.7 Å². The fourth-order valence-corrected chi connectivity index (χ4v) is 4.58. The maximum absolute atomic E-state index is 14.0. The summed E-state index contributed by atoms with van der Waals surface area (Å²) < 4.78 is 52.3. The molecule has 2 N–H and O–H groups in total. The highest BCUT2D eigenvalue weighted by molar-refractivity contribution is 7.88. The van der Waals surface area contributed by atoms with Gasteiger partial charge in [0.1, 0.15) is 11.6 Å². The van der Waals surface area contributed by atoms with Crippen LogP contribution in [-0.2, 0) is 25.0 Å². The molecule has 28 heavy (non-hydrogen) atoms. The largest absolute Gasteiger partial charge is 0.345 e. The minimum absolute atomic E-state index is 0.0890. The minimum atomic E-state index is -3.27. The van der Waals surface area contributed by atoms with E-state index in [2.05, 4.69) is 10.6 Å². The third-order valence-electron chi connectivity index (χ3n) is 5.54. The van der Waals surface area contributed by atoms with Gasteiger partial charge in [-0.2, -0.15) is 0 Å². The molecule has 1 aromatic carbocycles. The third kappa shape index (κ3) is 4.17. The molecule has 0 radical (unpaired) electrons. The highest BCUT2D eigenvalue weighted by Gasteiger charge is 2.55. The van der Waals surface area contributed by atoms with E-state index in [0.717, 1.165) is 18.4 Å². The molecule has 3 rings (SSSR count). The van der Waals surface area contributed by atoms with Crippen LogP contribution in [0.1, 0.15) is 31.7 Å². The highest BCUT2D eigenvalue weighted by atomic mass is 32.2. The van der Waals surface area contributed by atoms with Crippen LogP contribution in [-0.4, -0.2) is 56.0 Å². The van der Waals surface area contributed by atoms with Crippen molar-refractivity contribution >= 4 is 21.8 Å². The lowest BCUT2D eigenvalue weighted by molar-refractivity contribution is -0.139. The van der Waals surface area contributed by atoms with Crippen LogP contribution in [0, 0.1) is 11.6 Å². The molecule has 1 saturated heterocycles. The van der Waals surface area contributed by atoms with Crippen LogP contribution < -0.4 is 10.6 Å². The van der Waals surface area contributed by atoms with Crippen LogP contribution in [0.25, 0.3) is 0 Å². The SMILES string of the molecule is CC1(c2c(F)cccc2F)CC1NC(=O)C(=O)NC1CCN(S(C)(=O)=O)CC1. The molecular formula is C18H23F2N3O4S. The number of hydrogen-bond acceptors (Lipinski definition) is 4. The molecule has 1 aliphatic carbocycles. The van der Waals surface area contributed by atoms with Gasteiger partial charge in [0.15, 0.2) is 0 Å². The van der Waals surface area contributed by atoms with Crippen LogP contribution in [0.2, 0.25) is 0 Å². The zero-order valence-corrected chi connectivity index (χ0v) is 16.5. The van der Waals surface area contributed by atoms with Crippen LogP contribution in [0.15, 0.2) is 18.2 Å². The van der Waals surface area contributed by atoms with Crippen molar-refractivity contribution in [3.8, 4) is 0 Å². The minimum Gasteiger partial charge on any atom is -0.345 e. The molecule has 2 aliphatic rings. The van der Waals surface area contributed by atoms with Crippen molar-refractivity contribution in [3.05, 3.63) is 35.4 Å². The first kappa shape index (κ1) is 20.7. The molecule has 1 heterocycles. The summed E-state index contributed by atoms with van der Waals surface area (Å²) in [6, 6.07) is 2.76. The molecule has 2 fully saturated rings. The Labute approximate surface area is 162 Å². The number of carbonyl (C=O) groups excluding carboxylic acids is 2. The van der Waals surface area contributed by atoms with Gasteiger partial charge < -0.3 is 10.6 Å². The van der Waals surface area contributed by atoms with E-state index in [-0.39, 0.29) is 24.7 Å². The second-order valence-electron chi connectivity index (χ2n) is 7.65. The smallest absolute Gasteiger partial charge is 0.309 e. The van der Waals surface area contributed by atoms with E-state index in [1.54, 1.807) is 6.92 Å². The first-order valence-corrected chi connectivity index (χ1v) is 10.9. The van der Waals surface area contributed by atoms with Gasteiger partial charge in [-0.25, -0.2) is 21.5 Å². The van der Waals surface area contributed by atoms with E-state index in [0.29, 0.717) is 19.3 Å². The van der Waals surface area contributed by atoms with Gasteiger partial charge in [-0.15, -0.1) is 0 Å². The van der Waals surface area contributed by atoms with Gasteiger partial charge in [0.05, 0.1) is 6.26 Å². The topological polar surface area (TPSA) is 95.6 Å². The van der Waals surface area contributed by atoms with Gasteiger partial charge in [0.25, 0.3) is 0 Å². The molecule has 0 aromatic heterocycles. The van der Waals surface area contributed by atoms with Crippen molar-refractivity contribution in [3.63, 3.8) is 0 Å². The summed E-state index contributed by atoms with van der Waals surface area (Å²) in [7, 11) is -3.27. The summed E-state index contributed by atoms with van der Waals surface area (Å²) >= 11 is 0. The molecule has 2 amide bonds. The van der Waals surface area contributed by atoms with Gasteiger partial charge in [-0.3, -0.25) is 9.59 Å². The number of benzene rings is 1. The zero-order valence-electron chi connectivity index (χ0n) is 15.7. The fourth-order valence-electron chi connectivity index (χ4n) is 3.70. The van der Waals surface area contributed by atoms with Gasteiger partial charge in [0.2, 0.25) is 10.0 Å². The molecule has 0 spiro atoms. The van der Waals surface area contributed by atoms with Gasteiger partial charge >= 0.3 is 11.8 Å². The van der Waals surface area contributed by atoms with Crippen molar-refractivity contribution < 1.29 is 26.8 Å². The van der Waals surface area contributed by atoms with E-state index in [4.69, 9.17) is 0 Å². The summed E-state index contributed by atoms with van der Waals surface area (Å²) in [6.45, 7) is 2.19. The average molecular weight is 415 g/mol. The van der Waals surface area contributed by atoms with Crippen LogP contribution in [0.3, 0.4) is 0 Å². The van der Waals surface area contributed by atoms with Crippen molar-refractivity contribution in [2.75, 3.05) is 19.3 Å². The maximum atomic E-state index is 14.0. The average Bonchev–Trinajstić information content (AvgIpc) is 3.24. The van der Waals surface area contributed by atoms with Gasteiger partial charge in [-0.1, -0.05) is 13.0 Å². The van der Waals surface area contributed by atoms with Crippen LogP contribution in [0.5, 0.6) is 0 Å². The molecule has 1 aromatic rings. The first-order valence-electron chi connectivity index (χ1n) is 9.03. The molecule has 7 nitrogen and oxygen atoms in total. The number of amides is 2. The lowest BCUT2D eigenvalue weighted by Gasteiger charge is -2.30. The van der Waals surface area contributed by atoms with E-state index >= 15 is 0 Å². The second-order valence-corrected chi connectivity index (χ2v) is 9.64. The van der Waals surface area contributed by atoms with E-state index in [9.17, 15) is 26.8 Å². The summed E-state index contributed by atoms with van der Waals surface area (Å²) in [5.41, 5.74) is -0.986. The van der Waals surface area contributed by atoms with Crippen molar-refractivity contribution in [1.29, 1.82) is 0 Å². The number of hydrogen-bond donors (Lipinski definition) is 2. The number of halogens is 2. The predicted molar refractivity (Wildman–Crippen MR) is 97.8 cm³/mol. The van der Waals surface area contributed by atoms with Gasteiger partial charge in [-0.05, 0) is 31.4 Å². The molecular weight excluding hydrogens is 392 g/mol. The molecule has 154 valence electrons. The van der Waals surface area contributed by atoms with E-state index < -0.39 is 44.9 Å². The Balaban J connectivity index is 1.53. The normalized spacial score (nSPS) is 25.9. The highest BCUT2D eigenvalue weighted by Crippen LogP contribution is 2.49. The Morgan fingerprint density at radius 3 is 2.18 bits per heavy atom. The molecule has 1 saturated carbocycles. The summed E-state index contributed by atoms with van der Waals surface area (Å²) in [6.07, 6.45) is 2.28. The summed E-state index contributed by atoms with van der Waals surface area (Å²) in [5.74, 6) is -3.06. The van der Waals surface area contributed by atoms with E-state index in [1.807, 2.05) is 0 Å². The van der Waals surface area contributed by atoms with Gasteiger partial charge in [0, 0.05) is 36.2 Å². The van der Waals surface area contributed by atoms with Crippen LogP contribution in [0.4, 0.5) is 8.78 Å². The third-order valence-corrected chi connectivity index (χ3v) is 6.84. The first-order chi connectivity index (χ1) is 13.0. The summed E-state index contributed by atoms with van der Waals surface area (Å²) in [4.78, 5) is 24.3. The monoisotopic (exact) mass is 415 g/mol. The van der Waals surface area contributed by atoms with Crippen LogP contribution >= 0.6 is 0 Å². The predicted octanol–water partition coefficient (Wildman–Crippen LogP) is 0.651. The number of nitrogens with one attached hydrogen (secondary N) is 2. The Morgan fingerprint density at radius 1 is 1.11 bits per heavy atom. The molecule has 10 heteroatoms. The second kappa shape index (κ2) is 7.40. The Kier molecular flexibility index (Phi) is 5.46. The van der Waals surface area contributed by atoms with Crippen molar-refractivity contribution in [1.82, 2.24) is 14.9 Å². The standard InChI is InChI=1S/C18H23F2N3O4S/c1-18(15-12(19)4-3-5-13(15)20)10-14(18)22-17(25)16(24)21-11-6-8-23(9-7-11)28(2,26)27/h3-5,11,14H,6-10H2,1-2H3,(H,21,24)(H,22,25). The fraction of sp³-hybridized carbons (Fsp3) is 0.556. The Bertz CT molecular complexity index is 880. The number of piperidine rings is 1. The number of sulfonamides is 1. The Hall–Kier alpha value is -2.07. The number of rotatable bonds is 4. The zero-order chi connectivity index (χ0) is 20.7. The lowest BCUT2D eigenvalue weighted by atomic mass is 9.96. The van der Waals surface area contributed by atoms with E-state index in [1.165, 1.54) is 10.4 Å². The quantitative estimate of drug-likeness (QED) is 0.706. The maximum Gasteiger partial charge on any atom is 0.309 e. The number of nitrogens with zero attached hydrogens (tertiary/aromatic N) is 1. The Morgan fingerprint density at radius 2 is 1.64 bits per heavy atom. The summed E-state index contributed by atoms with van der Waals surface area (Å²) in [5, 5.41) is 5.12. The molecule has 2 atom stereocenters. The lowest BCUT2D eigenvalue weighted by Crippen LogP contribution is -2.50. The number of carbonyl (C=O) groups is 2. The molecule has 1 aliphatic heterocycles. The molecule has 2 unspecified atom stereocenters. The van der Waals surface area contributed by atoms with Crippen molar-refractivity contribution in [2.24, 2.45) is 0 Å². The molecule has 0 bridgehead atoms.